The summed E-state index contributed by atoms with van der Waals surface area (Å²) in [6.07, 6.45) is 0. The van der Waals surface area contributed by atoms with Crippen LogP contribution in [0.1, 0.15) is 22.2 Å². The van der Waals surface area contributed by atoms with Crippen LogP contribution < -0.4 is 5.43 Å². The maximum atomic E-state index is 13.2. The molecule has 2 heterocycles. The molecule has 5 nitrogen and oxygen atoms in total. The van der Waals surface area contributed by atoms with Crippen LogP contribution in [0.3, 0.4) is 0 Å². The molecule has 1 amide bonds. The van der Waals surface area contributed by atoms with Crippen molar-refractivity contribution in [3.63, 3.8) is 0 Å². The Morgan fingerprint density at radius 2 is 1.77 bits per heavy atom. The number of carbonyl (C=O) groups excluding carboxylic acids is 1. The van der Waals surface area contributed by atoms with Gasteiger partial charge in [-0.3, -0.25) is 9.59 Å². The molecule has 1 atom stereocenters. The first-order chi connectivity index (χ1) is 12.6. The van der Waals surface area contributed by atoms with Gasteiger partial charge in [-0.05, 0) is 24.7 Å². The van der Waals surface area contributed by atoms with Crippen molar-refractivity contribution in [2.75, 3.05) is 26.7 Å². The van der Waals surface area contributed by atoms with E-state index in [9.17, 15) is 9.59 Å². The van der Waals surface area contributed by atoms with Crippen molar-refractivity contribution < 1.29 is 9.21 Å². The molecule has 1 aromatic heterocycles. The Morgan fingerprint density at radius 1 is 1.04 bits per heavy atom. The lowest BCUT2D eigenvalue weighted by molar-refractivity contribution is 0.0468. The minimum Gasteiger partial charge on any atom is -0.451 e. The maximum absolute atomic E-state index is 13.2. The highest BCUT2D eigenvalue weighted by molar-refractivity contribution is 5.93. The van der Waals surface area contributed by atoms with Crippen molar-refractivity contribution in [2.45, 2.75) is 6.04 Å². The molecule has 26 heavy (non-hydrogen) atoms. The SMILES string of the molecule is CN1CCN(C(=O)c2cc(=O)c3ccccc3o2)[C@@H](c2ccccc2)C1. The molecule has 4 rings (SSSR count). The summed E-state index contributed by atoms with van der Waals surface area (Å²) in [6, 6.07) is 18.2. The molecule has 0 spiro atoms. The van der Waals surface area contributed by atoms with Crippen LogP contribution in [0.5, 0.6) is 0 Å². The zero-order valence-electron chi connectivity index (χ0n) is 14.6. The van der Waals surface area contributed by atoms with Crippen LogP contribution in [0, 0.1) is 0 Å². The molecular formula is C21H20N2O3. The number of hydrogen-bond acceptors (Lipinski definition) is 4. The van der Waals surface area contributed by atoms with Crippen LogP contribution in [-0.4, -0.2) is 42.4 Å². The third-order valence-electron chi connectivity index (χ3n) is 4.87. The maximum Gasteiger partial charge on any atom is 0.290 e. The van der Waals surface area contributed by atoms with Crippen LogP contribution in [0.25, 0.3) is 11.0 Å². The van der Waals surface area contributed by atoms with E-state index in [1.807, 2.05) is 42.3 Å². The van der Waals surface area contributed by atoms with Gasteiger partial charge < -0.3 is 14.2 Å². The number of hydrogen-bond donors (Lipinski definition) is 0. The second-order valence-corrected chi connectivity index (χ2v) is 6.66. The van der Waals surface area contributed by atoms with Crippen LogP contribution in [0.4, 0.5) is 0 Å². The van der Waals surface area contributed by atoms with E-state index >= 15 is 0 Å². The number of benzene rings is 2. The summed E-state index contributed by atoms with van der Waals surface area (Å²) in [6.45, 7) is 2.12. The largest absolute Gasteiger partial charge is 0.451 e. The van der Waals surface area contributed by atoms with E-state index in [0.29, 0.717) is 17.5 Å². The van der Waals surface area contributed by atoms with E-state index in [0.717, 1.165) is 18.7 Å². The van der Waals surface area contributed by atoms with E-state index in [1.54, 1.807) is 24.3 Å². The second kappa shape index (κ2) is 6.77. The van der Waals surface area contributed by atoms with E-state index in [2.05, 4.69) is 4.90 Å². The molecule has 1 fully saturated rings. The number of carbonyl (C=O) groups is 1. The van der Waals surface area contributed by atoms with Gasteiger partial charge in [-0.15, -0.1) is 0 Å². The summed E-state index contributed by atoms with van der Waals surface area (Å²) >= 11 is 0. The Bertz CT molecular complexity index is 997. The van der Waals surface area contributed by atoms with Gasteiger partial charge in [0.1, 0.15) is 5.58 Å². The Morgan fingerprint density at radius 3 is 2.58 bits per heavy atom. The Kier molecular flexibility index (Phi) is 4.31. The molecule has 3 aromatic rings. The summed E-state index contributed by atoms with van der Waals surface area (Å²) in [4.78, 5) is 29.5. The average Bonchev–Trinajstić information content (AvgIpc) is 2.68. The predicted octanol–water partition coefficient (Wildman–Crippen LogP) is 2.92. The minimum absolute atomic E-state index is 0.0702. The topological polar surface area (TPSA) is 53.8 Å². The highest BCUT2D eigenvalue weighted by atomic mass is 16.3. The van der Waals surface area contributed by atoms with Crippen molar-refractivity contribution in [1.82, 2.24) is 9.80 Å². The van der Waals surface area contributed by atoms with Crippen molar-refractivity contribution >= 4 is 16.9 Å². The van der Waals surface area contributed by atoms with E-state index in [-0.39, 0.29) is 23.1 Å². The minimum atomic E-state index is -0.241. The number of fused-ring (bicyclic) bond motifs is 1. The number of para-hydroxylation sites is 1. The molecule has 1 aliphatic heterocycles. The number of nitrogens with zero attached hydrogens (tertiary/aromatic N) is 2. The van der Waals surface area contributed by atoms with Crippen LogP contribution in [0.15, 0.2) is 69.9 Å². The Hall–Kier alpha value is -2.92. The average molecular weight is 348 g/mol. The van der Waals surface area contributed by atoms with E-state index in [4.69, 9.17) is 4.42 Å². The van der Waals surface area contributed by atoms with Crippen molar-refractivity contribution in [3.8, 4) is 0 Å². The van der Waals surface area contributed by atoms with Crippen LogP contribution in [-0.2, 0) is 0 Å². The summed E-state index contributed by atoms with van der Waals surface area (Å²) < 4.78 is 5.76. The van der Waals surface area contributed by atoms with E-state index in [1.165, 1.54) is 6.07 Å². The molecule has 1 saturated heterocycles. The normalized spacial score (nSPS) is 18.2. The van der Waals surface area contributed by atoms with Gasteiger partial charge in [-0.1, -0.05) is 42.5 Å². The molecule has 0 N–H and O–H groups in total. The van der Waals surface area contributed by atoms with Gasteiger partial charge >= 0.3 is 0 Å². The quantitative estimate of drug-likeness (QED) is 0.715. The second-order valence-electron chi connectivity index (χ2n) is 6.66. The van der Waals surface area contributed by atoms with Crippen molar-refractivity contribution in [2.24, 2.45) is 0 Å². The molecular weight excluding hydrogens is 328 g/mol. The van der Waals surface area contributed by atoms with Gasteiger partial charge in [0, 0.05) is 25.7 Å². The van der Waals surface area contributed by atoms with Crippen molar-refractivity contribution in [1.29, 1.82) is 0 Å². The third-order valence-corrected chi connectivity index (χ3v) is 4.87. The lowest BCUT2D eigenvalue weighted by atomic mass is 10.0. The molecule has 1 aliphatic rings. The van der Waals surface area contributed by atoms with Gasteiger partial charge in [0.2, 0.25) is 0 Å². The number of amides is 1. The number of likely N-dealkylation sites (N-methyl/N-ethyl adjacent to an activating group) is 1. The highest BCUT2D eigenvalue weighted by Gasteiger charge is 2.32. The molecule has 0 bridgehead atoms. The monoisotopic (exact) mass is 348 g/mol. The van der Waals surface area contributed by atoms with Gasteiger partial charge in [-0.2, -0.15) is 0 Å². The van der Waals surface area contributed by atoms with Gasteiger partial charge in [-0.25, -0.2) is 0 Å². The van der Waals surface area contributed by atoms with Crippen LogP contribution in [0.2, 0.25) is 0 Å². The van der Waals surface area contributed by atoms with Crippen molar-refractivity contribution in [3.05, 3.63) is 82.2 Å². The molecule has 0 saturated carbocycles. The van der Waals surface area contributed by atoms with E-state index < -0.39 is 0 Å². The number of rotatable bonds is 2. The van der Waals surface area contributed by atoms with Gasteiger partial charge in [0.25, 0.3) is 5.91 Å². The zero-order valence-corrected chi connectivity index (χ0v) is 14.6. The molecule has 5 heteroatoms. The molecule has 0 aliphatic carbocycles. The Balaban J connectivity index is 1.73. The van der Waals surface area contributed by atoms with Gasteiger partial charge in [0.05, 0.1) is 11.4 Å². The molecule has 0 radical (unpaired) electrons. The van der Waals surface area contributed by atoms with Crippen LogP contribution >= 0.6 is 0 Å². The fourth-order valence-electron chi connectivity index (χ4n) is 3.47. The predicted molar refractivity (Wildman–Crippen MR) is 100 cm³/mol. The Labute approximate surface area is 151 Å². The van der Waals surface area contributed by atoms with Gasteiger partial charge in [0.15, 0.2) is 11.2 Å². The fourth-order valence-corrected chi connectivity index (χ4v) is 3.47. The standard InChI is InChI=1S/C21H20N2O3/c1-22-11-12-23(17(14-22)15-7-3-2-4-8-15)21(25)20-13-18(24)16-9-5-6-10-19(16)26-20/h2-10,13,17H,11-12,14H2,1H3/t17-/m1/s1. The smallest absolute Gasteiger partial charge is 0.290 e. The first-order valence-electron chi connectivity index (χ1n) is 8.71. The zero-order chi connectivity index (χ0) is 18.1. The number of piperazine rings is 1. The third kappa shape index (κ3) is 3.02. The summed E-state index contributed by atoms with van der Waals surface area (Å²) in [5.41, 5.74) is 1.32. The fraction of sp³-hybridized carbons (Fsp3) is 0.238. The summed E-state index contributed by atoms with van der Waals surface area (Å²) in [5, 5.41) is 0.488. The lowest BCUT2D eigenvalue weighted by Crippen LogP contribution is -2.49. The summed E-state index contributed by atoms with van der Waals surface area (Å²) in [7, 11) is 2.05. The first-order valence-corrected chi connectivity index (χ1v) is 8.71. The molecule has 132 valence electrons. The lowest BCUT2D eigenvalue weighted by Gasteiger charge is -2.40. The first kappa shape index (κ1) is 16.5. The highest BCUT2D eigenvalue weighted by Crippen LogP contribution is 2.27. The summed E-state index contributed by atoms with van der Waals surface area (Å²) in [5.74, 6) is -0.144. The molecule has 0 unspecified atom stereocenters. The molecule has 2 aromatic carbocycles.